The van der Waals surface area contributed by atoms with Crippen molar-refractivity contribution in [2.45, 2.75) is 19.7 Å². The number of halogens is 1. The maximum Gasteiger partial charge on any atom is 0.243 e. The molecule has 0 atom stereocenters. The van der Waals surface area contributed by atoms with E-state index in [1.165, 1.54) is 0 Å². The standard InChI is InChI=1S/C18H18ClN5O/c1-2-10-24-18(21-22-23-24)20-12-15-7-3-4-9-17(15)25-13-14-6-5-8-16(19)11-14/h2-9,11H,1,10,12-13H2,(H,20,21,23). The van der Waals surface area contributed by atoms with E-state index in [-0.39, 0.29) is 0 Å². The summed E-state index contributed by atoms with van der Waals surface area (Å²) in [6.45, 7) is 5.23. The summed E-state index contributed by atoms with van der Waals surface area (Å²) >= 11 is 6.01. The van der Waals surface area contributed by atoms with Crippen LogP contribution >= 0.6 is 11.6 Å². The van der Waals surface area contributed by atoms with Crippen LogP contribution in [0.25, 0.3) is 0 Å². The molecule has 25 heavy (non-hydrogen) atoms. The van der Waals surface area contributed by atoms with Gasteiger partial charge in [-0.1, -0.05) is 53.1 Å². The van der Waals surface area contributed by atoms with Crippen LogP contribution < -0.4 is 10.1 Å². The molecule has 6 nitrogen and oxygen atoms in total. The van der Waals surface area contributed by atoms with Crippen LogP contribution in [0.2, 0.25) is 5.02 Å². The maximum absolute atomic E-state index is 6.01. The maximum atomic E-state index is 6.01. The lowest BCUT2D eigenvalue weighted by molar-refractivity contribution is 0.303. The SMILES string of the molecule is C=CCn1nnnc1NCc1ccccc1OCc1cccc(Cl)c1. The molecule has 2 aromatic carbocycles. The molecule has 0 spiro atoms. The van der Waals surface area contributed by atoms with Crippen LogP contribution in [0.5, 0.6) is 5.75 Å². The molecule has 1 N–H and O–H groups in total. The van der Waals surface area contributed by atoms with Crippen molar-refractivity contribution in [1.82, 2.24) is 20.2 Å². The van der Waals surface area contributed by atoms with E-state index in [1.807, 2.05) is 48.5 Å². The topological polar surface area (TPSA) is 64.9 Å². The molecule has 0 aliphatic rings. The van der Waals surface area contributed by atoms with Crippen molar-refractivity contribution in [3.8, 4) is 5.75 Å². The highest BCUT2D eigenvalue weighted by molar-refractivity contribution is 6.30. The molecule has 0 unspecified atom stereocenters. The van der Waals surface area contributed by atoms with Gasteiger partial charge in [0.15, 0.2) is 0 Å². The van der Waals surface area contributed by atoms with Gasteiger partial charge in [0.2, 0.25) is 5.95 Å². The number of rotatable bonds is 8. The molecule has 0 saturated heterocycles. The van der Waals surface area contributed by atoms with E-state index in [2.05, 4.69) is 27.4 Å². The van der Waals surface area contributed by atoms with E-state index < -0.39 is 0 Å². The average molecular weight is 356 g/mol. The summed E-state index contributed by atoms with van der Waals surface area (Å²) in [4.78, 5) is 0. The molecular weight excluding hydrogens is 338 g/mol. The van der Waals surface area contributed by atoms with Crippen molar-refractivity contribution in [3.05, 3.63) is 77.3 Å². The van der Waals surface area contributed by atoms with Gasteiger partial charge in [-0.05, 0) is 34.2 Å². The highest BCUT2D eigenvalue weighted by atomic mass is 35.5. The minimum absolute atomic E-state index is 0.450. The zero-order chi connectivity index (χ0) is 17.5. The van der Waals surface area contributed by atoms with Crippen molar-refractivity contribution >= 4 is 17.5 Å². The third-order valence-electron chi connectivity index (χ3n) is 3.53. The summed E-state index contributed by atoms with van der Waals surface area (Å²) < 4.78 is 7.59. The van der Waals surface area contributed by atoms with Gasteiger partial charge in [0.25, 0.3) is 0 Å². The smallest absolute Gasteiger partial charge is 0.243 e. The first-order valence-corrected chi connectivity index (χ1v) is 8.20. The van der Waals surface area contributed by atoms with Gasteiger partial charge in [0.1, 0.15) is 12.4 Å². The van der Waals surface area contributed by atoms with Crippen LogP contribution in [0.1, 0.15) is 11.1 Å². The molecule has 3 rings (SSSR count). The lowest BCUT2D eigenvalue weighted by atomic mass is 10.2. The van der Waals surface area contributed by atoms with Gasteiger partial charge in [-0.3, -0.25) is 0 Å². The number of hydrogen-bond donors (Lipinski definition) is 1. The molecule has 128 valence electrons. The Morgan fingerprint density at radius 3 is 2.92 bits per heavy atom. The zero-order valence-corrected chi connectivity index (χ0v) is 14.4. The molecule has 0 fully saturated rings. The van der Waals surface area contributed by atoms with Crippen molar-refractivity contribution in [2.75, 3.05) is 5.32 Å². The molecule has 1 heterocycles. The van der Waals surface area contributed by atoms with E-state index in [1.54, 1.807) is 10.8 Å². The summed E-state index contributed by atoms with van der Waals surface area (Å²) in [6, 6.07) is 15.5. The molecule has 0 aliphatic heterocycles. The van der Waals surface area contributed by atoms with Gasteiger partial charge in [-0.25, -0.2) is 4.68 Å². The Bertz CT molecular complexity index is 849. The summed E-state index contributed by atoms with van der Waals surface area (Å²) in [5, 5.41) is 15.5. The first-order valence-electron chi connectivity index (χ1n) is 7.82. The minimum Gasteiger partial charge on any atom is -0.489 e. The normalized spacial score (nSPS) is 10.4. The monoisotopic (exact) mass is 355 g/mol. The van der Waals surface area contributed by atoms with Crippen molar-refractivity contribution < 1.29 is 4.74 Å². The quantitative estimate of drug-likeness (QED) is 0.624. The molecule has 0 saturated carbocycles. The van der Waals surface area contributed by atoms with Crippen molar-refractivity contribution in [2.24, 2.45) is 0 Å². The Morgan fingerprint density at radius 2 is 2.08 bits per heavy atom. The Kier molecular flexibility index (Phi) is 5.64. The summed E-state index contributed by atoms with van der Waals surface area (Å²) in [6.07, 6.45) is 1.74. The largest absolute Gasteiger partial charge is 0.489 e. The van der Waals surface area contributed by atoms with Crippen LogP contribution in [-0.4, -0.2) is 20.2 Å². The molecule has 0 radical (unpaired) electrons. The first kappa shape index (κ1) is 17.0. The van der Waals surface area contributed by atoms with E-state index in [0.29, 0.717) is 30.7 Å². The highest BCUT2D eigenvalue weighted by Gasteiger charge is 2.07. The van der Waals surface area contributed by atoms with Gasteiger partial charge in [0, 0.05) is 17.1 Å². The number of allylic oxidation sites excluding steroid dienone is 1. The third-order valence-corrected chi connectivity index (χ3v) is 3.76. The number of para-hydroxylation sites is 1. The Morgan fingerprint density at radius 1 is 1.20 bits per heavy atom. The Hall–Kier alpha value is -2.86. The predicted octanol–water partition coefficient (Wildman–Crippen LogP) is 3.70. The Balaban J connectivity index is 1.66. The second-order valence-electron chi connectivity index (χ2n) is 5.35. The fraction of sp³-hybridized carbons (Fsp3) is 0.167. The number of nitrogens with zero attached hydrogens (tertiary/aromatic N) is 4. The highest BCUT2D eigenvalue weighted by Crippen LogP contribution is 2.21. The number of anilines is 1. The molecule has 7 heteroatoms. The van der Waals surface area contributed by atoms with Crippen LogP contribution in [0.3, 0.4) is 0 Å². The Labute approximate surface area is 151 Å². The third kappa shape index (κ3) is 4.58. The van der Waals surface area contributed by atoms with Crippen LogP contribution in [0, 0.1) is 0 Å². The number of aromatic nitrogens is 4. The van der Waals surface area contributed by atoms with Crippen LogP contribution in [0.15, 0.2) is 61.2 Å². The molecular formula is C18H18ClN5O. The van der Waals surface area contributed by atoms with E-state index in [4.69, 9.17) is 16.3 Å². The van der Waals surface area contributed by atoms with Crippen molar-refractivity contribution in [3.63, 3.8) is 0 Å². The van der Waals surface area contributed by atoms with Crippen LogP contribution in [0.4, 0.5) is 5.95 Å². The van der Waals surface area contributed by atoms with Gasteiger partial charge < -0.3 is 10.1 Å². The van der Waals surface area contributed by atoms with Gasteiger partial charge in [-0.15, -0.1) is 6.58 Å². The number of nitrogens with one attached hydrogen (secondary N) is 1. The van der Waals surface area contributed by atoms with E-state index in [0.717, 1.165) is 16.9 Å². The molecule has 0 amide bonds. The van der Waals surface area contributed by atoms with Gasteiger partial charge in [-0.2, -0.15) is 0 Å². The second-order valence-corrected chi connectivity index (χ2v) is 5.79. The predicted molar refractivity (Wildman–Crippen MR) is 97.6 cm³/mol. The summed E-state index contributed by atoms with van der Waals surface area (Å²) in [5.41, 5.74) is 2.03. The summed E-state index contributed by atoms with van der Waals surface area (Å²) in [7, 11) is 0. The number of ether oxygens (including phenoxy) is 1. The minimum atomic E-state index is 0.450. The number of tetrazole rings is 1. The lowest BCUT2D eigenvalue weighted by Gasteiger charge is -2.12. The van der Waals surface area contributed by atoms with Crippen molar-refractivity contribution in [1.29, 1.82) is 0 Å². The first-order chi connectivity index (χ1) is 12.3. The lowest BCUT2D eigenvalue weighted by Crippen LogP contribution is -2.09. The van der Waals surface area contributed by atoms with Gasteiger partial charge in [0.05, 0.1) is 6.54 Å². The summed E-state index contributed by atoms with van der Waals surface area (Å²) in [5.74, 6) is 1.39. The molecule has 0 bridgehead atoms. The molecule has 1 aromatic heterocycles. The zero-order valence-electron chi connectivity index (χ0n) is 13.6. The number of benzene rings is 2. The van der Waals surface area contributed by atoms with E-state index >= 15 is 0 Å². The number of hydrogen-bond acceptors (Lipinski definition) is 5. The second kappa shape index (κ2) is 8.30. The van der Waals surface area contributed by atoms with E-state index in [9.17, 15) is 0 Å². The fourth-order valence-corrected chi connectivity index (χ4v) is 2.54. The van der Waals surface area contributed by atoms with Crippen LogP contribution in [-0.2, 0) is 19.7 Å². The molecule has 3 aromatic rings. The average Bonchev–Trinajstić information content (AvgIpc) is 3.06. The fourth-order valence-electron chi connectivity index (χ4n) is 2.33. The molecule has 0 aliphatic carbocycles. The van der Waals surface area contributed by atoms with Gasteiger partial charge >= 0.3 is 0 Å².